The summed E-state index contributed by atoms with van der Waals surface area (Å²) < 4.78 is 1.98. The molecule has 3 rings (SSSR count). The van der Waals surface area contributed by atoms with Gasteiger partial charge in [0.25, 0.3) is 5.91 Å². The SMILES string of the molecule is Cc1cc(C(=O)N2CCN(C)[C@H](c3nccn3C)C2)cc(=O)[nH]1. The van der Waals surface area contributed by atoms with Gasteiger partial charge in [0, 0.05) is 56.4 Å². The van der Waals surface area contributed by atoms with Crippen molar-refractivity contribution in [3.8, 4) is 0 Å². The summed E-state index contributed by atoms with van der Waals surface area (Å²) in [5, 5.41) is 0. The monoisotopic (exact) mass is 315 g/mol. The number of imidazole rings is 1. The summed E-state index contributed by atoms with van der Waals surface area (Å²) in [6, 6.07) is 3.14. The summed E-state index contributed by atoms with van der Waals surface area (Å²) >= 11 is 0. The Hall–Kier alpha value is -2.41. The van der Waals surface area contributed by atoms with Crippen molar-refractivity contribution in [1.29, 1.82) is 0 Å². The van der Waals surface area contributed by atoms with Crippen LogP contribution in [0.4, 0.5) is 0 Å². The molecule has 0 radical (unpaired) electrons. The molecule has 0 bridgehead atoms. The number of piperazine rings is 1. The molecule has 1 saturated heterocycles. The van der Waals surface area contributed by atoms with Crippen LogP contribution < -0.4 is 5.56 Å². The molecule has 23 heavy (non-hydrogen) atoms. The molecule has 2 aromatic heterocycles. The molecule has 0 aromatic carbocycles. The molecule has 0 aliphatic carbocycles. The molecule has 1 amide bonds. The Labute approximate surface area is 134 Å². The predicted molar refractivity (Wildman–Crippen MR) is 86.3 cm³/mol. The van der Waals surface area contributed by atoms with Crippen LogP contribution in [0.15, 0.2) is 29.3 Å². The molecule has 3 heterocycles. The third-order valence-corrected chi connectivity index (χ3v) is 4.32. The summed E-state index contributed by atoms with van der Waals surface area (Å²) in [7, 11) is 4.00. The van der Waals surface area contributed by atoms with Gasteiger partial charge in [-0.1, -0.05) is 0 Å². The van der Waals surface area contributed by atoms with E-state index in [1.165, 1.54) is 6.07 Å². The van der Waals surface area contributed by atoms with Crippen LogP contribution in [0.3, 0.4) is 0 Å². The van der Waals surface area contributed by atoms with Gasteiger partial charge in [-0.05, 0) is 20.0 Å². The van der Waals surface area contributed by atoms with Crippen molar-refractivity contribution in [3.05, 3.63) is 52.0 Å². The first-order valence-corrected chi connectivity index (χ1v) is 7.63. The maximum absolute atomic E-state index is 12.7. The number of rotatable bonds is 2. The molecule has 1 fully saturated rings. The lowest BCUT2D eigenvalue weighted by Gasteiger charge is -2.39. The number of carbonyl (C=O) groups is 1. The summed E-state index contributed by atoms with van der Waals surface area (Å²) in [6.45, 7) is 3.75. The minimum Gasteiger partial charge on any atom is -0.337 e. The highest BCUT2D eigenvalue weighted by atomic mass is 16.2. The number of aromatic amines is 1. The van der Waals surface area contributed by atoms with Crippen molar-refractivity contribution in [1.82, 2.24) is 24.3 Å². The van der Waals surface area contributed by atoms with Crippen LogP contribution in [0.2, 0.25) is 0 Å². The van der Waals surface area contributed by atoms with Gasteiger partial charge in [-0.3, -0.25) is 14.5 Å². The van der Waals surface area contributed by atoms with Crippen LogP contribution >= 0.6 is 0 Å². The summed E-state index contributed by atoms with van der Waals surface area (Å²) in [4.78, 5) is 35.4. The van der Waals surface area contributed by atoms with Crippen molar-refractivity contribution >= 4 is 5.91 Å². The second-order valence-electron chi connectivity index (χ2n) is 6.06. The van der Waals surface area contributed by atoms with Gasteiger partial charge < -0.3 is 14.5 Å². The number of carbonyl (C=O) groups excluding carboxylic acids is 1. The lowest BCUT2D eigenvalue weighted by molar-refractivity contribution is 0.0528. The van der Waals surface area contributed by atoms with E-state index in [9.17, 15) is 9.59 Å². The predicted octanol–water partition coefficient (Wildman–Crippen LogP) is 0.546. The zero-order chi connectivity index (χ0) is 16.6. The molecule has 7 heteroatoms. The van der Waals surface area contributed by atoms with Gasteiger partial charge >= 0.3 is 0 Å². The van der Waals surface area contributed by atoms with E-state index in [2.05, 4.69) is 14.9 Å². The number of nitrogens with zero attached hydrogens (tertiary/aromatic N) is 4. The molecule has 1 atom stereocenters. The largest absolute Gasteiger partial charge is 0.337 e. The van der Waals surface area contributed by atoms with Crippen molar-refractivity contribution in [2.24, 2.45) is 7.05 Å². The van der Waals surface area contributed by atoms with E-state index in [4.69, 9.17) is 0 Å². The summed E-state index contributed by atoms with van der Waals surface area (Å²) in [6.07, 6.45) is 3.67. The molecule has 2 aromatic rings. The van der Waals surface area contributed by atoms with E-state index in [0.29, 0.717) is 24.3 Å². The smallest absolute Gasteiger partial charge is 0.254 e. The number of aromatic nitrogens is 3. The van der Waals surface area contributed by atoms with Crippen LogP contribution in [0.5, 0.6) is 0 Å². The maximum Gasteiger partial charge on any atom is 0.254 e. The molecule has 0 spiro atoms. The number of amides is 1. The highest BCUT2D eigenvalue weighted by Crippen LogP contribution is 2.23. The second-order valence-corrected chi connectivity index (χ2v) is 6.06. The topological polar surface area (TPSA) is 74.2 Å². The lowest BCUT2D eigenvalue weighted by Crippen LogP contribution is -2.49. The van der Waals surface area contributed by atoms with E-state index >= 15 is 0 Å². The number of likely N-dealkylation sites (N-methyl/N-ethyl adjacent to an activating group) is 1. The fraction of sp³-hybridized carbons (Fsp3) is 0.438. The molecule has 1 aliphatic rings. The second kappa shape index (κ2) is 6.00. The van der Waals surface area contributed by atoms with E-state index in [1.54, 1.807) is 24.1 Å². The Morgan fingerprint density at radius 1 is 1.30 bits per heavy atom. The molecule has 7 nitrogen and oxygen atoms in total. The van der Waals surface area contributed by atoms with Crippen molar-refractivity contribution in [3.63, 3.8) is 0 Å². The fourth-order valence-electron chi connectivity index (χ4n) is 3.02. The average molecular weight is 315 g/mol. The van der Waals surface area contributed by atoms with Gasteiger partial charge in [0.05, 0.1) is 6.04 Å². The molecule has 1 aliphatic heterocycles. The van der Waals surface area contributed by atoms with Crippen LogP contribution in [-0.2, 0) is 7.05 Å². The van der Waals surface area contributed by atoms with Crippen LogP contribution in [-0.4, -0.2) is 56.9 Å². The van der Waals surface area contributed by atoms with Gasteiger partial charge in [-0.2, -0.15) is 0 Å². The van der Waals surface area contributed by atoms with E-state index in [1.807, 2.05) is 24.9 Å². The summed E-state index contributed by atoms with van der Waals surface area (Å²) in [5.41, 5.74) is 0.883. The van der Waals surface area contributed by atoms with Gasteiger partial charge in [-0.15, -0.1) is 0 Å². The Morgan fingerprint density at radius 2 is 2.09 bits per heavy atom. The Kier molecular flexibility index (Phi) is 4.04. The maximum atomic E-state index is 12.7. The fourth-order valence-corrected chi connectivity index (χ4v) is 3.02. The Bertz CT molecular complexity index is 779. The van der Waals surface area contributed by atoms with Crippen molar-refractivity contribution in [2.45, 2.75) is 13.0 Å². The molecule has 122 valence electrons. The first-order chi connectivity index (χ1) is 11.0. The van der Waals surface area contributed by atoms with Gasteiger partial charge in [-0.25, -0.2) is 4.98 Å². The van der Waals surface area contributed by atoms with Crippen LogP contribution in [0.25, 0.3) is 0 Å². The first-order valence-electron chi connectivity index (χ1n) is 7.63. The molecular formula is C16H21N5O2. The minimum atomic E-state index is -0.247. The Balaban J connectivity index is 1.84. The first kappa shape index (κ1) is 15.5. The number of hydrogen-bond donors (Lipinski definition) is 1. The third kappa shape index (κ3) is 3.05. The van der Waals surface area contributed by atoms with E-state index in [0.717, 1.165) is 12.4 Å². The zero-order valence-corrected chi connectivity index (χ0v) is 13.6. The number of aryl methyl sites for hydroxylation is 2. The summed E-state index contributed by atoms with van der Waals surface area (Å²) in [5.74, 6) is 0.832. The standard InChI is InChI=1S/C16H21N5O2/c1-11-8-12(9-14(22)18-11)16(23)21-7-6-19(2)13(10-21)15-17-4-5-20(15)3/h4-5,8-9,13H,6-7,10H2,1-3H3,(H,18,22)/t13-/m0/s1. The van der Waals surface area contributed by atoms with Crippen LogP contribution in [0, 0.1) is 6.92 Å². The van der Waals surface area contributed by atoms with Crippen LogP contribution in [0.1, 0.15) is 27.9 Å². The van der Waals surface area contributed by atoms with Gasteiger partial charge in [0.1, 0.15) is 5.82 Å². The normalized spacial score (nSPS) is 19.1. The molecule has 1 N–H and O–H groups in total. The quantitative estimate of drug-likeness (QED) is 0.878. The van der Waals surface area contributed by atoms with Crippen molar-refractivity contribution in [2.75, 3.05) is 26.7 Å². The zero-order valence-electron chi connectivity index (χ0n) is 13.6. The molecular weight excluding hydrogens is 294 g/mol. The molecule has 0 unspecified atom stereocenters. The van der Waals surface area contributed by atoms with Crippen molar-refractivity contribution < 1.29 is 4.79 Å². The van der Waals surface area contributed by atoms with E-state index < -0.39 is 0 Å². The number of hydrogen-bond acceptors (Lipinski definition) is 4. The minimum absolute atomic E-state index is 0.0517. The average Bonchev–Trinajstić information content (AvgIpc) is 2.92. The number of nitrogens with one attached hydrogen (secondary N) is 1. The van der Waals surface area contributed by atoms with Gasteiger partial charge in [0.15, 0.2) is 0 Å². The van der Waals surface area contributed by atoms with Gasteiger partial charge in [0.2, 0.25) is 5.56 Å². The van der Waals surface area contributed by atoms with E-state index in [-0.39, 0.29) is 17.5 Å². The lowest BCUT2D eigenvalue weighted by atomic mass is 10.1. The highest BCUT2D eigenvalue weighted by Gasteiger charge is 2.31. The highest BCUT2D eigenvalue weighted by molar-refractivity contribution is 5.94. The Morgan fingerprint density at radius 3 is 2.74 bits per heavy atom. The molecule has 0 saturated carbocycles. The number of H-pyrrole nitrogens is 1. The number of pyridine rings is 1. The third-order valence-electron chi connectivity index (χ3n) is 4.32.